The third-order valence-corrected chi connectivity index (χ3v) is 4.70. The zero-order chi connectivity index (χ0) is 23.3. The van der Waals surface area contributed by atoms with Gasteiger partial charge in [-0.25, -0.2) is 14.2 Å². The van der Waals surface area contributed by atoms with Crippen molar-refractivity contribution in [3.63, 3.8) is 0 Å². The van der Waals surface area contributed by atoms with E-state index in [2.05, 4.69) is 10.3 Å². The Morgan fingerprint density at radius 2 is 1.75 bits per heavy atom. The van der Waals surface area contributed by atoms with Gasteiger partial charge in [0.25, 0.3) is 0 Å². The van der Waals surface area contributed by atoms with Crippen LogP contribution >= 0.6 is 23.2 Å². The normalized spacial score (nSPS) is 11.2. The van der Waals surface area contributed by atoms with E-state index in [1.807, 2.05) is 6.07 Å². The maximum absolute atomic E-state index is 14.1. The number of nitrogens with one attached hydrogen (secondary N) is 1. The molecule has 0 saturated heterocycles. The minimum Gasteiger partial charge on any atom is -0.489 e. The molecule has 3 aromatic rings. The van der Waals surface area contributed by atoms with Gasteiger partial charge in [0.15, 0.2) is 0 Å². The first-order valence-electron chi connectivity index (χ1n) is 9.90. The Morgan fingerprint density at radius 1 is 1.03 bits per heavy atom. The first-order chi connectivity index (χ1) is 15.1. The van der Waals surface area contributed by atoms with Crippen LogP contribution in [0.5, 0.6) is 5.75 Å². The topological polar surface area (TPSA) is 60.5 Å². The van der Waals surface area contributed by atoms with Crippen LogP contribution in [-0.2, 0) is 17.8 Å². The highest BCUT2D eigenvalue weighted by atomic mass is 35.5. The number of anilines is 1. The van der Waals surface area contributed by atoms with Gasteiger partial charge in [-0.3, -0.25) is 5.32 Å². The highest BCUT2D eigenvalue weighted by Crippen LogP contribution is 2.27. The summed E-state index contributed by atoms with van der Waals surface area (Å²) in [4.78, 5) is 16.5. The molecule has 0 saturated carbocycles. The fraction of sp³-hybridized carbons (Fsp3) is 0.250. The Kier molecular flexibility index (Phi) is 7.59. The van der Waals surface area contributed by atoms with E-state index in [9.17, 15) is 9.18 Å². The number of benzene rings is 2. The standard InChI is InChI=1S/C24H23Cl2FN2O3/c1-24(2,3)32-23(30)29-22-6-4-5-19(28-22)12-16-11-17(25)9-10-21(16)31-14-15-7-8-18(26)13-20(15)27/h4-11,13H,12,14H2,1-3H3,(H,28,29,30). The molecule has 2 aromatic carbocycles. The summed E-state index contributed by atoms with van der Waals surface area (Å²) in [5.74, 6) is 0.483. The predicted molar refractivity (Wildman–Crippen MR) is 124 cm³/mol. The largest absolute Gasteiger partial charge is 0.489 e. The average molecular weight is 477 g/mol. The molecular weight excluding hydrogens is 454 g/mol. The molecule has 1 amide bonds. The van der Waals surface area contributed by atoms with Gasteiger partial charge < -0.3 is 9.47 Å². The Hall–Kier alpha value is -2.83. The number of nitrogens with zero attached hydrogens (tertiary/aromatic N) is 1. The Balaban J connectivity index is 1.74. The summed E-state index contributed by atoms with van der Waals surface area (Å²) < 4.78 is 25.2. The lowest BCUT2D eigenvalue weighted by atomic mass is 10.1. The van der Waals surface area contributed by atoms with Gasteiger partial charge in [-0.1, -0.05) is 35.3 Å². The number of amides is 1. The van der Waals surface area contributed by atoms with Gasteiger partial charge in [0, 0.05) is 33.3 Å². The Labute approximate surface area is 196 Å². The molecule has 0 unspecified atom stereocenters. The van der Waals surface area contributed by atoms with Crippen molar-refractivity contribution in [2.45, 2.75) is 39.4 Å². The lowest BCUT2D eigenvalue weighted by Crippen LogP contribution is -2.27. The molecule has 5 nitrogen and oxygen atoms in total. The molecule has 0 aliphatic rings. The molecule has 0 aliphatic carbocycles. The number of rotatable bonds is 6. The molecule has 0 fully saturated rings. The summed E-state index contributed by atoms with van der Waals surface area (Å²) in [6.07, 6.45) is -0.193. The number of hydrogen-bond acceptors (Lipinski definition) is 4. The fourth-order valence-electron chi connectivity index (χ4n) is 2.87. The number of carbonyl (C=O) groups excluding carboxylic acids is 1. The van der Waals surface area contributed by atoms with E-state index < -0.39 is 17.5 Å². The van der Waals surface area contributed by atoms with Crippen LogP contribution in [0.3, 0.4) is 0 Å². The lowest BCUT2D eigenvalue weighted by Gasteiger charge is -2.19. The first kappa shape index (κ1) is 23.8. The minimum absolute atomic E-state index is 0.0330. The molecule has 0 atom stereocenters. The van der Waals surface area contributed by atoms with Gasteiger partial charge in [0.2, 0.25) is 0 Å². The molecule has 1 aromatic heterocycles. The summed E-state index contributed by atoms with van der Waals surface area (Å²) in [7, 11) is 0. The van der Waals surface area contributed by atoms with E-state index in [-0.39, 0.29) is 6.61 Å². The van der Waals surface area contributed by atoms with Crippen LogP contribution in [-0.4, -0.2) is 16.7 Å². The van der Waals surface area contributed by atoms with Crippen LogP contribution in [0.1, 0.15) is 37.6 Å². The van der Waals surface area contributed by atoms with E-state index in [1.54, 1.807) is 63.2 Å². The van der Waals surface area contributed by atoms with Crippen molar-refractivity contribution < 1.29 is 18.7 Å². The molecular formula is C24H23Cl2FN2O3. The van der Waals surface area contributed by atoms with E-state index in [4.69, 9.17) is 32.7 Å². The van der Waals surface area contributed by atoms with Crippen LogP contribution in [0, 0.1) is 5.82 Å². The van der Waals surface area contributed by atoms with Crippen molar-refractivity contribution in [3.8, 4) is 5.75 Å². The number of hydrogen-bond donors (Lipinski definition) is 1. The number of pyridine rings is 1. The number of carbonyl (C=O) groups is 1. The summed E-state index contributed by atoms with van der Waals surface area (Å²) in [5, 5.41) is 3.48. The number of ether oxygens (including phenoxy) is 2. The minimum atomic E-state index is -0.613. The summed E-state index contributed by atoms with van der Waals surface area (Å²) in [6, 6.07) is 14.9. The zero-order valence-electron chi connectivity index (χ0n) is 17.9. The van der Waals surface area contributed by atoms with Gasteiger partial charge >= 0.3 is 6.09 Å². The van der Waals surface area contributed by atoms with Crippen molar-refractivity contribution in [3.05, 3.63) is 87.3 Å². The number of aromatic nitrogens is 1. The van der Waals surface area contributed by atoms with Crippen LogP contribution in [0.2, 0.25) is 10.0 Å². The fourth-order valence-corrected chi connectivity index (χ4v) is 3.23. The van der Waals surface area contributed by atoms with Gasteiger partial charge in [-0.15, -0.1) is 0 Å². The second kappa shape index (κ2) is 10.2. The molecule has 0 radical (unpaired) electrons. The third-order valence-electron chi connectivity index (χ3n) is 4.23. The van der Waals surface area contributed by atoms with Gasteiger partial charge in [-0.2, -0.15) is 0 Å². The molecule has 3 rings (SSSR count). The van der Waals surface area contributed by atoms with Gasteiger partial charge in [-0.05, 0) is 63.2 Å². The highest BCUT2D eigenvalue weighted by molar-refractivity contribution is 6.30. The van der Waals surface area contributed by atoms with E-state index in [0.29, 0.717) is 39.3 Å². The van der Waals surface area contributed by atoms with Crippen LogP contribution in [0.25, 0.3) is 0 Å². The molecule has 1 heterocycles. The van der Waals surface area contributed by atoms with Gasteiger partial charge in [0.05, 0.1) is 0 Å². The molecule has 168 valence electrons. The second-order valence-electron chi connectivity index (χ2n) is 8.09. The predicted octanol–water partition coefficient (Wildman–Crippen LogP) is 7.04. The quantitative estimate of drug-likeness (QED) is 0.414. The molecule has 0 aliphatic heterocycles. The van der Waals surface area contributed by atoms with E-state index in [1.165, 1.54) is 6.07 Å². The molecule has 1 N–H and O–H groups in total. The SMILES string of the molecule is CC(C)(C)OC(=O)Nc1cccc(Cc2cc(Cl)ccc2OCc2ccc(Cl)cc2F)n1. The van der Waals surface area contributed by atoms with Crippen molar-refractivity contribution in [2.24, 2.45) is 0 Å². The van der Waals surface area contributed by atoms with Crippen LogP contribution in [0.15, 0.2) is 54.6 Å². The lowest BCUT2D eigenvalue weighted by molar-refractivity contribution is 0.0635. The molecule has 32 heavy (non-hydrogen) atoms. The summed E-state index contributed by atoms with van der Waals surface area (Å²) >= 11 is 12.0. The maximum Gasteiger partial charge on any atom is 0.413 e. The van der Waals surface area contributed by atoms with Crippen LogP contribution < -0.4 is 10.1 Å². The number of halogens is 3. The highest BCUT2D eigenvalue weighted by Gasteiger charge is 2.17. The molecule has 0 bridgehead atoms. The smallest absolute Gasteiger partial charge is 0.413 e. The third kappa shape index (κ3) is 7.11. The first-order valence-corrected chi connectivity index (χ1v) is 10.7. The van der Waals surface area contributed by atoms with Gasteiger partial charge in [0.1, 0.15) is 29.6 Å². The Morgan fingerprint density at radius 3 is 2.47 bits per heavy atom. The van der Waals surface area contributed by atoms with Crippen molar-refractivity contribution in [1.29, 1.82) is 0 Å². The summed E-state index contributed by atoms with van der Waals surface area (Å²) in [5.41, 5.74) is 1.23. The van der Waals surface area contributed by atoms with E-state index >= 15 is 0 Å². The molecule has 0 spiro atoms. The average Bonchev–Trinajstić information content (AvgIpc) is 2.67. The van der Waals surface area contributed by atoms with Crippen molar-refractivity contribution in [1.82, 2.24) is 4.98 Å². The van der Waals surface area contributed by atoms with Crippen LogP contribution in [0.4, 0.5) is 15.0 Å². The van der Waals surface area contributed by atoms with Crippen molar-refractivity contribution in [2.75, 3.05) is 5.32 Å². The monoisotopic (exact) mass is 476 g/mol. The maximum atomic E-state index is 14.1. The second-order valence-corrected chi connectivity index (χ2v) is 8.97. The zero-order valence-corrected chi connectivity index (χ0v) is 19.4. The summed E-state index contributed by atoms with van der Waals surface area (Å²) in [6.45, 7) is 5.39. The van der Waals surface area contributed by atoms with Crippen molar-refractivity contribution >= 4 is 35.1 Å². The molecule has 8 heteroatoms. The van der Waals surface area contributed by atoms with E-state index in [0.717, 1.165) is 5.56 Å². The Bertz CT molecular complexity index is 1120.